The first-order valence-corrected chi connectivity index (χ1v) is 17.9. The van der Waals surface area contributed by atoms with E-state index < -0.39 is 15.4 Å². The van der Waals surface area contributed by atoms with Crippen LogP contribution < -0.4 is 5.32 Å². The van der Waals surface area contributed by atoms with Crippen LogP contribution in [0.1, 0.15) is 92.0 Å². The zero-order valence-corrected chi connectivity index (χ0v) is 26.9. The molecule has 7 nitrogen and oxygen atoms in total. The van der Waals surface area contributed by atoms with Crippen molar-refractivity contribution in [2.24, 2.45) is 0 Å². The zero-order chi connectivity index (χ0) is 29.1. The van der Waals surface area contributed by atoms with E-state index in [1.54, 1.807) is 22.6 Å². The lowest BCUT2D eigenvalue weighted by Gasteiger charge is -2.35. The van der Waals surface area contributed by atoms with Crippen LogP contribution in [-0.2, 0) is 20.2 Å². The lowest BCUT2D eigenvalue weighted by Crippen LogP contribution is -2.49. The normalized spacial score (nSPS) is 26.9. The Bertz CT molecular complexity index is 1370. The Balaban J connectivity index is 1.23. The molecular weight excluding hydrogens is 553 g/mol. The van der Waals surface area contributed by atoms with Crippen molar-refractivity contribution in [2.45, 2.75) is 96.2 Å². The first kappa shape index (κ1) is 29.1. The number of thiophene rings is 1. The van der Waals surface area contributed by atoms with E-state index in [1.165, 1.54) is 27.3 Å². The maximum atomic E-state index is 13.9. The number of nitrogens with one attached hydrogen (secondary N) is 1. The Morgan fingerprint density at radius 1 is 0.976 bits per heavy atom. The second kappa shape index (κ2) is 11.0. The van der Waals surface area contributed by atoms with Crippen molar-refractivity contribution in [3.05, 3.63) is 51.4 Å². The Morgan fingerprint density at radius 3 is 2.17 bits per heavy atom. The van der Waals surface area contributed by atoms with E-state index in [1.807, 2.05) is 0 Å². The maximum Gasteiger partial charge on any atom is 0.233 e. The number of piperazine rings is 1. The van der Waals surface area contributed by atoms with Crippen LogP contribution in [-0.4, -0.2) is 79.0 Å². The summed E-state index contributed by atoms with van der Waals surface area (Å²) < 4.78 is 26.3. The molecule has 3 saturated heterocycles. The van der Waals surface area contributed by atoms with Gasteiger partial charge in [0.25, 0.3) is 0 Å². The minimum absolute atomic E-state index is 0.166. The number of carbonyl (C=O) groups is 1. The molecule has 2 atom stereocenters. The number of nitrogens with zero attached hydrogens (tertiary/aromatic N) is 3. The van der Waals surface area contributed by atoms with Gasteiger partial charge in [-0.3, -0.25) is 4.79 Å². The molecule has 2 bridgehead atoms. The molecule has 0 spiro atoms. The van der Waals surface area contributed by atoms with Crippen LogP contribution in [0.4, 0.5) is 5.00 Å². The summed E-state index contributed by atoms with van der Waals surface area (Å²) in [5.41, 5.74) is 4.67. The van der Waals surface area contributed by atoms with Crippen molar-refractivity contribution in [3.63, 3.8) is 0 Å². The molecule has 4 aliphatic heterocycles. The molecule has 0 aliphatic carbocycles. The average Bonchev–Trinajstić information content (AvgIpc) is 3.71. The molecule has 224 valence electrons. The Labute approximate surface area is 250 Å². The number of carbonyl (C=O) groups excluding carboxylic acids is 1. The number of rotatable bonds is 8. The van der Waals surface area contributed by atoms with Crippen molar-refractivity contribution >= 4 is 32.3 Å². The van der Waals surface area contributed by atoms with Gasteiger partial charge in [0, 0.05) is 49.1 Å². The van der Waals surface area contributed by atoms with E-state index in [0.29, 0.717) is 37.0 Å². The Hall–Kier alpha value is -1.94. The third-order valence-electron chi connectivity index (χ3n) is 10.1. The number of sulfonamides is 1. The maximum absolute atomic E-state index is 13.9. The summed E-state index contributed by atoms with van der Waals surface area (Å²) in [5, 5.41) is 5.10. The van der Waals surface area contributed by atoms with E-state index in [9.17, 15) is 13.2 Å². The molecule has 0 radical (unpaired) electrons. The number of amides is 1. The van der Waals surface area contributed by atoms with Crippen LogP contribution in [0.2, 0.25) is 0 Å². The van der Waals surface area contributed by atoms with Gasteiger partial charge in [-0.15, -0.1) is 11.3 Å². The third-order valence-corrected chi connectivity index (χ3v) is 13.4. The van der Waals surface area contributed by atoms with Gasteiger partial charge in [0.1, 0.15) is 0 Å². The van der Waals surface area contributed by atoms with Gasteiger partial charge in [0.15, 0.2) is 0 Å². The highest BCUT2D eigenvalue weighted by Gasteiger charge is 2.48. The van der Waals surface area contributed by atoms with Gasteiger partial charge in [-0.25, -0.2) is 8.42 Å². The van der Waals surface area contributed by atoms with Crippen LogP contribution in [0.25, 0.3) is 0 Å². The predicted octanol–water partition coefficient (Wildman–Crippen LogP) is 5.40. The number of anilines is 1. The summed E-state index contributed by atoms with van der Waals surface area (Å²) in [6, 6.07) is 10.2. The lowest BCUT2D eigenvalue weighted by molar-refractivity contribution is -0.137. The highest BCUT2D eigenvalue weighted by molar-refractivity contribution is 7.89. The molecule has 1 aromatic carbocycles. The van der Waals surface area contributed by atoms with E-state index in [2.05, 4.69) is 67.1 Å². The molecule has 3 fully saturated rings. The van der Waals surface area contributed by atoms with Crippen LogP contribution in [0, 0.1) is 13.8 Å². The smallest absolute Gasteiger partial charge is 0.233 e. The fourth-order valence-corrected chi connectivity index (χ4v) is 10.1. The first-order chi connectivity index (χ1) is 19.5. The third kappa shape index (κ3) is 5.36. The van der Waals surface area contributed by atoms with Crippen LogP contribution in [0.15, 0.2) is 24.3 Å². The van der Waals surface area contributed by atoms with Gasteiger partial charge in [0.2, 0.25) is 15.9 Å². The molecular formula is C32H46N4O3S2. The monoisotopic (exact) mass is 598 g/mol. The molecule has 1 N–H and O–H groups in total. The fraction of sp³-hybridized carbons (Fsp3) is 0.656. The van der Waals surface area contributed by atoms with E-state index in [4.69, 9.17) is 0 Å². The first-order valence-electron chi connectivity index (χ1n) is 15.5. The zero-order valence-electron chi connectivity index (χ0n) is 25.3. The van der Waals surface area contributed by atoms with Gasteiger partial charge in [-0.2, -0.15) is 4.31 Å². The number of hydrogen-bond donors (Lipinski definition) is 1. The highest BCUT2D eigenvalue weighted by Crippen LogP contribution is 2.52. The summed E-state index contributed by atoms with van der Waals surface area (Å²) >= 11 is 1.77. The number of aryl methyl sites for hydroxylation is 2. The summed E-state index contributed by atoms with van der Waals surface area (Å²) in [6.07, 6.45) is 5.63. The molecule has 4 aliphatic rings. The van der Waals surface area contributed by atoms with Crippen LogP contribution in [0.5, 0.6) is 0 Å². The highest BCUT2D eigenvalue weighted by atomic mass is 32.2. The summed E-state index contributed by atoms with van der Waals surface area (Å²) in [6.45, 7) is 13.9. The molecule has 41 heavy (non-hydrogen) atoms. The average molecular weight is 599 g/mol. The van der Waals surface area contributed by atoms with Gasteiger partial charge in [-0.05, 0) is 90.5 Å². The Morgan fingerprint density at radius 2 is 1.59 bits per heavy atom. The molecule has 6 rings (SSSR count). The van der Waals surface area contributed by atoms with E-state index >= 15 is 0 Å². The summed E-state index contributed by atoms with van der Waals surface area (Å²) in [5.74, 6) is 0.756. The number of benzene rings is 1. The molecule has 0 saturated carbocycles. The van der Waals surface area contributed by atoms with Crippen LogP contribution in [0.3, 0.4) is 0 Å². The molecule has 9 heteroatoms. The quantitative estimate of drug-likeness (QED) is 0.440. The molecule has 1 amide bonds. The predicted molar refractivity (Wildman–Crippen MR) is 167 cm³/mol. The number of fused-ring (bicyclic) bond motifs is 3. The van der Waals surface area contributed by atoms with E-state index in [-0.39, 0.29) is 11.8 Å². The van der Waals surface area contributed by atoms with Crippen molar-refractivity contribution in [1.29, 1.82) is 0 Å². The van der Waals surface area contributed by atoms with Crippen molar-refractivity contribution in [3.8, 4) is 0 Å². The van der Waals surface area contributed by atoms with Gasteiger partial charge >= 0.3 is 0 Å². The Kier molecular flexibility index (Phi) is 7.79. The summed E-state index contributed by atoms with van der Waals surface area (Å²) in [4.78, 5) is 19.7. The largest absolute Gasteiger partial charge is 0.369 e. The molecule has 1 aromatic heterocycles. The van der Waals surface area contributed by atoms with Crippen molar-refractivity contribution in [2.75, 3.05) is 43.8 Å². The van der Waals surface area contributed by atoms with Gasteiger partial charge in [0.05, 0.1) is 22.2 Å². The minimum atomic E-state index is -3.13. The second-order valence-corrected chi connectivity index (χ2v) is 16.6. The van der Waals surface area contributed by atoms with Crippen LogP contribution >= 0.6 is 11.3 Å². The minimum Gasteiger partial charge on any atom is -0.369 e. The topological polar surface area (TPSA) is 73.0 Å². The summed E-state index contributed by atoms with van der Waals surface area (Å²) in [7, 11) is -3.13. The molecule has 2 aromatic rings. The fourth-order valence-electron chi connectivity index (χ4n) is 7.76. The number of hydrogen-bond acceptors (Lipinski definition) is 6. The van der Waals surface area contributed by atoms with Crippen molar-refractivity contribution < 1.29 is 13.2 Å². The molecule has 5 heterocycles. The second-order valence-electron chi connectivity index (χ2n) is 13.3. The van der Waals surface area contributed by atoms with Crippen molar-refractivity contribution in [1.82, 2.24) is 14.1 Å². The molecule has 2 unspecified atom stereocenters. The van der Waals surface area contributed by atoms with E-state index in [0.717, 1.165) is 56.6 Å². The SMILES string of the molecule is CCS(=O)(=O)N1CCN(CCC2c3cc(C(C)(C)C(=O)N4C5CCC4CC5)sc3NC2c2cc(C)cc(C)c2)CC1. The van der Waals surface area contributed by atoms with Gasteiger partial charge in [-0.1, -0.05) is 29.3 Å². The standard InChI is InChI=1S/C32H46N4O3S2/c1-6-41(38,39)35-15-13-34(14-16-35)12-11-26-27-20-28(32(4,5)31(37)36-24-7-8-25(36)10-9-24)40-30(27)33-29(26)23-18-21(2)17-22(3)19-23/h17-20,24-26,29,33H,6-16H2,1-5H3. The van der Waals surface area contributed by atoms with Gasteiger partial charge < -0.3 is 15.1 Å². The lowest BCUT2D eigenvalue weighted by atomic mass is 9.84.